The molecule has 2 aromatic carbocycles. The van der Waals surface area contributed by atoms with Gasteiger partial charge in [-0.3, -0.25) is 0 Å². The van der Waals surface area contributed by atoms with Crippen molar-refractivity contribution in [1.29, 1.82) is 0 Å². The van der Waals surface area contributed by atoms with Gasteiger partial charge in [0.1, 0.15) is 5.82 Å². The van der Waals surface area contributed by atoms with Crippen LogP contribution in [0.15, 0.2) is 60.9 Å². The molecule has 4 aromatic rings. The minimum atomic E-state index is 0.336. The van der Waals surface area contributed by atoms with Gasteiger partial charge in [-0.15, -0.1) is 0 Å². The summed E-state index contributed by atoms with van der Waals surface area (Å²) in [5.41, 5.74) is 3.00. The Labute approximate surface area is 167 Å². The molecule has 0 bridgehead atoms. The van der Waals surface area contributed by atoms with Crippen LogP contribution in [0.5, 0.6) is 0 Å². The highest BCUT2D eigenvalue weighted by atomic mass is 35.5. The van der Waals surface area contributed by atoms with Crippen LogP contribution in [0.3, 0.4) is 0 Å². The molecule has 140 valence electrons. The molecule has 7 heteroatoms. The molecule has 3 heterocycles. The van der Waals surface area contributed by atoms with E-state index in [0.717, 1.165) is 47.3 Å². The van der Waals surface area contributed by atoms with Gasteiger partial charge < -0.3 is 14.8 Å². The number of aromatic amines is 1. The summed E-state index contributed by atoms with van der Waals surface area (Å²) in [6, 6.07) is 15.9. The van der Waals surface area contributed by atoms with Crippen LogP contribution in [0.2, 0.25) is 5.02 Å². The van der Waals surface area contributed by atoms with Gasteiger partial charge in [0, 0.05) is 43.2 Å². The number of hydrogen-bond acceptors (Lipinski definition) is 5. The second-order valence-electron chi connectivity index (χ2n) is 6.98. The highest BCUT2D eigenvalue weighted by Gasteiger charge is 2.33. The maximum absolute atomic E-state index is 6.07. The first-order chi connectivity index (χ1) is 13.7. The number of aromatic nitrogens is 4. The fourth-order valence-electron chi connectivity index (χ4n) is 3.57. The highest BCUT2D eigenvalue weighted by Crippen LogP contribution is 2.36. The molecule has 1 N–H and O–H groups in total. The van der Waals surface area contributed by atoms with Gasteiger partial charge in [0.05, 0.1) is 17.0 Å². The Balaban J connectivity index is 1.37. The second-order valence-corrected chi connectivity index (χ2v) is 7.42. The number of benzene rings is 2. The van der Waals surface area contributed by atoms with Crippen molar-refractivity contribution in [3.63, 3.8) is 0 Å². The third-order valence-electron chi connectivity index (χ3n) is 5.15. The lowest BCUT2D eigenvalue weighted by atomic mass is 9.99. The topological polar surface area (TPSA) is 60.9 Å². The monoisotopic (exact) mass is 390 g/mol. The molecule has 0 spiro atoms. The van der Waals surface area contributed by atoms with Gasteiger partial charge in [-0.1, -0.05) is 29.8 Å². The summed E-state index contributed by atoms with van der Waals surface area (Å²) in [7, 11) is 2.02. The Hall–Kier alpha value is -3.12. The number of imidazole rings is 1. The van der Waals surface area contributed by atoms with Crippen LogP contribution >= 0.6 is 11.6 Å². The van der Waals surface area contributed by atoms with Crippen LogP contribution in [-0.2, 0) is 0 Å². The zero-order valence-corrected chi connectivity index (χ0v) is 16.1. The molecule has 1 aliphatic rings. The SMILES string of the molecule is CN(c1ccccc1)c1nccnc1N1CC(c2nc3cc(Cl)ccc3[nH]2)C1. The van der Waals surface area contributed by atoms with Crippen LogP contribution in [0, 0.1) is 0 Å². The number of H-pyrrole nitrogens is 1. The Morgan fingerprint density at radius 2 is 1.86 bits per heavy atom. The van der Waals surface area contributed by atoms with Gasteiger partial charge in [-0.25, -0.2) is 15.0 Å². The zero-order chi connectivity index (χ0) is 19.1. The van der Waals surface area contributed by atoms with Crippen molar-refractivity contribution in [3.8, 4) is 0 Å². The summed E-state index contributed by atoms with van der Waals surface area (Å²) < 4.78 is 0. The molecule has 1 aliphatic heterocycles. The molecule has 0 aliphatic carbocycles. The van der Waals surface area contributed by atoms with Crippen molar-refractivity contribution in [2.24, 2.45) is 0 Å². The number of nitrogens with one attached hydrogen (secondary N) is 1. The normalized spacial score (nSPS) is 14.3. The Morgan fingerprint density at radius 1 is 1.07 bits per heavy atom. The number of hydrogen-bond donors (Lipinski definition) is 1. The first-order valence-electron chi connectivity index (χ1n) is 9.19. The molecule has 0 radical (unpaired) electrons. The second kappa shape index (κ2) is 6.80. The third kappa shape index (κ3) is 2.96. The summed E-state index contributed by atoms with van der Waals surface area (Å²) in [4.78, 5) is 21.6. The minimum Gasteiger partial charge on any atom is -0.352 e. The minimum absolute atomic E-state index is 0.336. The standard InChI is InChI=1S/C21H19ClN6/c1-27(16-5-3-2-4-6-16)20-21(24-10-9-23-20)28-12-14(13-28)19-25-17-8-7-15(22)11-18(17)26-19/h2-11,14H,12-13H2,1H3,(H,25,26). The Kier molecular flexibility index (Phi) is 4.13. The van der Waals surface area contributed by atoms with E-state index >= 15 is 0 Å². The van der Waals surface area contributed by atoms with Crippen LogP contribution in [0.1, 0.15) is 11.7 Å². The van der Waals surface area contributed by atoms with E-state index in [4.69, 9.17) is 16.6 Å². The molecule has 0 unspecified atom stereocenters. The molecule has 0 atom stereocenters. The number of para-hydroxylation sites is 1. The molecule has 1 fully saturated rings. The number of rotatable bonds is 4. The average Bonchev–Trinajstić information content (AvgIpc) is 3.10. The average molecular weight is 391 g/mol. The first kappa shape index (κ1) is 17.0. The van der Waals surface area contributed by atoms with Gasteiger partial charge in [0.25, 0.3) is 0 Å². The van der Waals surface area contributed by atoms with Crippen LogP contribution < -0.4 is 9.80 Å². The number of halogens is 1. The van der Waals surface area contributed by atoms with Crippen molar-refractivity contribution in [2.45, 2.75) is 5.92 Å². The van der Waals surface area contributed by atoms with E-state index in [2.05, 4.69) is 36.9 Å². The lowest BCUT2D eigenvalue weighted by Crippen LogP contribution is -2.46. The van der Waals surface area contributed by atoms with E-state index in [1.165, 1.54) is 0 Å². The van der Waals surface area contributed by atoms with E-state index < -0.39 is 0 Å². The first-order valence-corrected chi connectivity index (χ1v) is 9.57. The van der Waals surface area contributed by atoms with E-state index in [9.17, 15) is 0 Å². The lowest BCUT2D eigenvalue weighted by Gasteiger charge is -2.40. The fraction of sp³-hybridized carbons (Fsp3) is 0.190. The molecule has 6 nitrogen and oxygen atoms in total. The van der Waals surface area contributed by atoms with Crippen LogP contribution in [0.4, 0.5) is 17.3 Å². The highest BCUT2D eigenvalue weighted by molar-refractivity contribution is 6.31. The maximum atomic E-state index is 6.07. The molecule has 28 heavy (non-hydrogen) atoms. The molecule has 1 saturated heterocycles. The predicted molar refractivity (Wildman–Crippen MR) is 113 cm³/mol. The molecule has 5 rings (SSSR count). The van der Waals surface area contributed by atoms with Crippen molar-refractivity contribution < 1.29 is 0 Å². The van der Waals surface area contributed by atoms with E-state index in [1.54, 1.807) is 12.4 Å². The van der Waals surface area contributed by atoms with Gasteiger partial charge in [0.2, 0.25) is 0 Å². The van der Waals surface area contributed by atoms with Crippen molar-refractivity contribution in [1.82, 2.24) is 19.9 Å². The quantitative estimate of drug-likeness (QED) is 0.560. The summed E-state index contributed by atoms with van der Waals surface area (Å²) in [6.45, 7) is 1.70. The smallest absolute Gasteiger partial charge is 0.176 e. The molecule has 2 aromatic heterocycles. The summed E-state index contributed by atoms with van der Waals surface area (Å²) in [6.07, 6.45) is 3.48. The summed E-state index contributed by atoms with van der Waals surface area (Å²) in [5, 5.41) is 0.703. The van der Waals surface area contributed by atoms with E-state index in [0.29, 0.717) is 10.9 Å². The summed E-state index contributed by atoms with van der Waals surface area (Å²) in [5.74, 6) is 3.08. The number of anilines is 3. The lowest BCUT2D eigenvalue weighted by molar-refractivity contribution is 0.500. The van der Waals surface area contributed by atoms with Crippen LogP contribution in [-0.4, -0.2) is 40.1 Å². The third-order valence-corrected chi connectivity index (χ3v) is 5.39. The Morgan fingerprint density at radius 3 is 2.68 bits per heavy atom. The van der Waals surface area contributed by atoms with Gasteiger partial charge in [0.15, 0.2) is 11.6 Å². The predicted octanol–water partition coefficient (Wildman–Crippen LogP) is 4.38. The number of fused-ring (bicyclic) bond motifs is 1. The maximum Gasteiger partial charge on any atom is 0.176 e. The Bertz CT molecular complexity index is 1120. The molecule has 0 amide bonds. The van der Waals surface area contributed by atoms with E-state index in [1.807, 2.05) is 43.4 Å². The number of nitrogens with zero attached hydrogens (tertiary/aromatic N) is 5. The fourth-order valence-corrected chi connectivity index (χ4v) is 3.74. The largest absolute Gasteiger partial charge is 0.352 e. The molecule has 0 saturated carbocycles. The van der Waals surface area contributed by atoms with Crippen molar-refractivity contribution >= 4 is 40.0 Å². The van der Waals surface area contributed by atoms with Crippen molar-refractivity contribution in [3.05, 3.63) is 71.8 Å². The van der Waals surface area contributed by atoms with Gasteiger partial charge in [-0.05, 0) is 30.3 Å². The molecular formula is C21H19ClN6. The summed E-state index contributed by atoms with van der Waals surface area (Å²) >= 11 is 6.07. The molecular weight excluding hydrogens is 372 g/mol. The van der Waals surface area contributed by atoms with Crippen molar-refractivity contribution in [2.75, 3.05) is 29.9 Å². The van der Waals surface area contributed by atoms with E-state index in [-0.39, 0.29) is 0 Å². The van der Waals surface area contributed by atoms with Gasteiger partial charge in [-0.2, -0.15) is 0 Å². The van der Waals surface area contributed by atoms with Crippen LogP contribution in [0.25, 0.3) is 11.0 Å². The zero-order valence-electron chi connectivity index (χ0n) is 15.4. The van der Waals surface area contributed by atoms with Gasteiger partial charge >= 0.3 is 0 Å².